The maximum Gasteiger partial charge on any atom is 0.407 e. The number of hydrogen-bond acceptors (Lipinski definition) is 3. The van der Waals surface area contributed by atoms with Crippen LogP contribution in [0.5, 0.6) is 5.75 Å². The smallest absolute Gasteiger partial charge is 0.407 e. The minimum absolute atomic E-state index is 0.367. The summed E-state index contributed by atoms with van der Waals surface area (Å²) in [6.07, 6.45) is -4.95. The quantitative estimate of drug-likeness (QED) is 0.752. The van der Waals surface area contributed by atoms with Crippen molar-refractivity contribution < 1.29 is 27.1 Å². The van der Waals surface area contributed by atoms with E-state index >= 15 is 0 Å². The highest BCUT2D eigenvalue weighted by Gasteiger charge is 2.40. The van der Waals surface area contributed by atoms with Gasteiger partial charge < -0.3 is 10.8 Å². The van der Waals surface area contributed by atoms with Crippen LogP contribution < -0.4 is 5.73 Å². The zero-order valence-corrected chi connectivity index (χ0v) is 8.02. The minimum Gasteiger partial charge on any atom is -0.505 e. The molecular formula is C9H5F5N2O. The van der Waals surface area contributed by atoms with Crippen molar-refractivity contribution in [2.75, 3.05) is 0 Å². The topological polar surface area (TPSA) is 70.0 Å². The average Bonchev–Trinajstić information content (AvgIpc) is 2.24. The molecule has 3 nitrogen and oxygen atoms in total. The van der Waals surface area contributed by atoms with Gasteiger partial charge in [0.25, 0.3) is 0 Å². The molecular weight excluding hydrogens is 247 g/mol. The first-order valence-electron chi connectivity index (χ1n) is 4.13. The van der Waals surface area contributed by atoms with Crippen molar-refractivity contribution in [3.8, 4) is 11.8 Å². The third kappa shape index (κ3) is 2.29. The molecule has 1 rings (SSSR count). The van der Waals surface area contributed by atoms with Gasteiger partial charge >= 0.3 is 6.18 Å². The van der Waals surface area contributed by atoms with E-state index in [1.165, 1.54) is 0 Å². The molecule has 0 radical (unpaired) electrons. The van der Waals surface area contributed by atoms with Gasteiger partial charge in [-0.1, -0.05) is 0 Å². The first-order chi connectivity index (χ1) is 7.70. The summed E-state index contributed by atoms with van der Waals surface area (Å²) in [7, 11) is 0. The van der Waals surface area contributed by atoms with Crippen molar-refractivity contribution in [1.29, 1.82) is 5.26 Å². The van der Waals surface area contributed by atoms with Gasteiger partial charge in [-0.15, -0.1) is 0 Å². The molecule has 0 amide bonds. The number of nitrogens with zero attached hydrogens (tertiary/aromatic N) is 1. The number of hydrogen-bond donors (Lipinski definition) is 2. The molecule has 0 aliphatic heterocycles. The second kappa shape index (κ2) is 4.18. The van der Waals surface area contributed by atoms with E-state index in [0.29, 0.717) is 6.07 Å². The molecule has 1 aromatic rings. The molecule has 0 aliphatic rings. The van der Waals surface area contributed by atoms with Crippen LogP contribution in [0.1, 0.15) is 17.2 Å². The summed E-state index contributed by atoms with van der Waals surface area (Å²) >= 11 is 0. The monoisotopic (exact) mass is 252 g/mol. The second-order valence-corrected chi connectivity index (χ2v) is 3.12. The van der Waals surface area contributed by atoms with Crippen molar-refractivity contribution in [1.82, 2.24) is 0 Å². The van der Waals surface area contributed by atoms with Crippen LogP contribution in [0.3, 0.4) is 0 Å². The second-order valence-electron chi connectivity index (χ2n) is 3.12. The van der Waals surface area contributed by atoms with Gasteiger partial charge in [-0.2, -0.15) is 22.8 Å². The van der Waals surface area contributed by atoms with Crippen molar-refractivity contribution in [2.24, 2.45) is 5.73 Å². The van der Waals surface area contributed by atoms with E-state index < -0.39 is 40.7 Å². The lowest BCUT2D eigenvalue weighted by Gasteiger charge is -2.17. The zero-order valence-electron chi connectivity index (χ0n) is 8.02. The molecule has 92 valence electrons. The molecule has 0 unspecified atom stereocenters. The first kappa shape index (κ1) is 13.2. The fourth-order valence-corrected chi connectivity index (χ4v) is 1.13. The highest BCUT2D eigenvalue weighted by molar-refractivity contribution is 5.45. The van der Waals surface area contributed by atoms with Gasteiger partial charge in [0.15, 0.2) is 11.6 Å². The van der Waals surface area contributed by atoms with Gasteiger partial charge in [0.05, 0.1) is 5.56 Å². The summed E-state index contributed by atoms with van der Waals surface area (Å²) in [4.78, 5) is 0. The summed E-state index contributed by atoms with van der Waals surface area (Å²) in [5.74, 6) is -5.20. The summed E-state index contributed by atoms with van der Waals surface area (Å²) in [5.41, 5.74) is 2.68. The Morgan fingerprint density at radius 1 is 1.29 bits per heavy atom. The Bertz CT molecular complexity index is 492. The van der Waals surface area contributed by atoms with Crippen LogP contribution in [-0.4, -0.2) is 11.3 Å². The van der Waals surface area contributed by atoms with E-state index in [2.05, 4.69) is 0 Å². The van der Waals surface area contributed by atoms with Gasteiger partial charge in [-0.05, 0) is 6.07 Å². The van der Waals surface area contributed by atoms with Gasteiger partial charge in [0, 0.05) is 5.56 Å². The summed E-state index contributed by atoms with van der Waals surface area (Å²) in [5, 5.41) is 17.4. The highest BCUT2D eigenvalue weighted by atomic mass is 19.4. The molecule has 0 aromatic heterocycles. The van der Waals surface area contributed by atoms with E-state index in [1.54, 1.807) is 0 Å². The van der Waals surface area contributed by atoms with Crippen molar-refractivity contribution in [2.45, 2.75) is 12.2 Å². The molecule has 0 spiro atoms. The molecule has 1 aromatic carbocycles. The first-order valence-corrected chi connectivity index (χ1v) is 4.13. The number of nitrogens with two attached hydrogens (primary N) is 1. The molecule has 3 N–H and O–H groups in total. The lowest BCUT2D eigenvalue weighted by Crippen LogP contribution is -2.28. The predicted octanol–water partition coefficient (Wildman–Crippen LogP) is 2.10. The Balaban J connectivity index is 3.47. The number of benzene rings is 1. The summed E-state index contributed by atoms with van der Waals surface area (Å²) < 4.78 is 62.7. The number of alkyl halides is 3. The average molecular weight is 252 g/mol. The lowest BCUT2D eigenvalue weighted by molar-refractivity contribution is -0.149. The molecule has 8 heteroatoms. The maximum absolute atomic E-state index is 13.0. The third-order valence-electron chi connectivity index (χ3n) is 2.02. The van der Waals surface area contributed by atoms with Gasteiger partial charge in [-0.3, -0.25) is 0 Å². The number of phenolic OH excluding ortho intramolecular Hbond substituents is 1. The van der Waals surface area contributed by atoms with Crippen molar-refractivity contribution in [3.63, 3.8) is 0 Å². The minimum atomic E-state index is -4.95. The molecule has 0 bridgehead atoms. The Labute approximate surface area is 91.9 Å². The van der Waals surface area contributed by atoms with E-state index in [1.807, 2.05) is 0 Å². The van der Waals surface area contributed by atoms with E-state index in [0.717, 1.165) is 6.07 Å². The number of halogens is 5. The van der Waals surface area contributed by atoms with Crippen molar-refractivity contribution in [3.05, 3.63) is 28.8 Å². The van der Waals surface area contributed by atoms with E-state index in [9.17, 15) is 22.0 Å². The highest BCUT2D eigenvalue weighted by Crippen LogP contribution is 2.37. The fraction of sp³-hybridized carbons (Fsp3) is 0.222. The normalized spacial score (nSPS) is 13.2. The molecule has 0 heterocycles. The number of aromatic hydroxyl groups is 1. The Morgan fingerprint density at radius 2 is 1.82 bits per heavy atom. The number of phenols is 1. The van der Waals surface area contributed by atoms with Crippen LogP contribution in [0.15, 0.2) is 6.07 Å². The van der Waals surface area contributed by atoms with E-state index in [4.69, 9.17) is 16.1 Å². The SMILES string of the molecule is N#Cc1cc([C@H](N)C(F)(F)F)c(O)c(F)c1F. The fourth-order valence-electron chi connectivity index (χ4n) is 1.13. The molecule has 0 saturated carbocycles. The largest absolute Gasteiger partial charge is 0.505 e. The molecule has 17 heavy (non-hydrogen) atoms. The van der Waals surface area contributed by atoms with E-state index in [-0.39, 0.29) is 0 Å². The number of rotatable bonds is 1. The standard InChI is InChI=1S/C9H5F5N2O/c10-5-3(2-15)1-4(7(17)6(5)11)8(16)9(12,13)14/h1,8,17H,16H2/t8-/m0/s1. The Morgan fingerprint density at radius 3 is 2.24 bits per heavy atom. The predicted molar refractivity (Wildman–Crippen MR) is 45.7 cm³/mol. The van der Waals surface area contributed by atoms with Gasteiger partial charge in [-0.25, -0.2) is 4.39 Å². The lowest BCUT2D eigenvalue weighted by atomic mass is 10.0. The van der Waals surface area contributed by atoms with Crippen LogP contribution in [0.4, 0.5) is 22.0 Å². The molecule has 1 atom stereocenters. The summed E-state index contributed by atoms with van der Waals surface area (Å²) in [6, 6.07) is -1.18. The van der Waals surface area contributed by atoms with Crippen molar-refractivity contribution >= 4 is 0 Å². The third-order valence-corrected chi connectivity index (χ3v) is 2.02. The zero-order chi connectivity index (χ0) is 13.4. The van der Waals surface area contributed by atoms with Gasteiger partial charge in [0.1, 0.15) is 12.1 Å². The van der Waals surface area contributed by atoms with Crippen LogP contribution in [0.2, 0.25) is 0 Å². The Kier molecular flexibility index (Phi) is 3.24. The Hall–Kier alpha value is -1.88. The summed E-state index contributed by atoms with van der Waals surface area (Å²) in [6.45, 7) is 0. The van der Waals surface area contributed by atoms with Crippen LogP contribution in [0, 0.1) is 23.0 Å². The maximum atomic E-state index is 13.0. The molecule has 0 aliphatic carbocycles. The molecule has 0 saturated heterocycles. The van der Waals surface area contributed by atoms with Crippen LogP contribution in [0.25, 0.3) is 0 Å². The van der Waals surface area contributed by atoms with Gasteiger partial charge in [0.2, 0.25) is 5.82 Å². The van der Waals surface area contributed by atoms with Crippen LogP contribution in [-0.2, 0) is 0 Å². The van der Waals surface area contributed by atoms with Crippen LogP contribution >= 0.6 is 0 Å². The number of nitriles is 1. The molecule has 0 fully saturated rings.